The molecular weight excluding hydrogens is 464 g/mol. The summed E-state index contributed by atoms with van der Waals surface area (Å²) in [5.74, 6) is -2.84. The third-order valence-corrected chi connectivity index (χ3v) is 6.06. The highest BCUT2D eigenvalue weighted by Crippen LogP contribution is 2.38. The molecule has 4 aromatic rings. The predicted molar refractivity (Wildman–Crippen MR) is 126 cm³/mol. The first-order valence-electron chi connectivity index (χ1n) is 10.7. The standard InChI is InChI=1S/2C14H8O4/c15-9-5-1-3-7-11(9)14(18)8-4-2-6-10(16)12(8)13(7)17;15-9-5-6-10(16)12-11(9)13(17)7-3-1-2-4-8(7)14(12)18/h2*1-6,15-16H. The fourth-order valence-corrected chi connectivity index (χ4v) is 4.39. The number of hydrogen-bond donors (Lipinski definition) is 4. The molecule has 176 valence electrons. The smallest absolute Gasteiger partial charge is 0.198 e. The van der Waals surface area contributed by atoms with Crippen molar-refractivity contribution >= 4 is 23.1 Å². The van der Waals surface area contributed by atoms with Gasteiger partial charge in [0.05, 0.1) is 22.3 Å². The number of ketones is 4. The topological polar surface area (TPSA) is 149 Å². The predicted octanol–water partition coefficient (Wildman–Crippen LogP) is 3.75. The summed E-state index contributed by atoms with van der Waals surface area (Å²) < 4.78 is 0. The number of benzene rings is 4. The zero-order valence-electron chi connectivity index (χ0n) is 18.4. The lowest BCUT2D eigenvalue weighted by Crippen LogP contribution is -2.20. The molecule has 0 radical (unpaired) electrons. The second kappa shape index (κ2) is 8.21. The van der Waals surface area contributed by atoms with E-state index in [0.717, 1.165) is 0 Å². The van der Waals surface area contributed by atoms with Crippen molar-refractivity contribution in [1.29, 1.82) is 0 Å². The van der Waals surface area contributed by atoms with Crippen molar-refractivity contribution in [3.8, 4) is 23.0 Å². The maximum absolute atomic E-state index is 12.2. The van der Waals surface area contributed by atoms with Gasteiger partial charge in [-0.05, 0) is 24.3 Å². The molecule has 4 aromatic carbocycles. The van der Waals surface area contributed by atoms with Crippen molar-refractivity contribution in [2.24, 2.45) is 0 Å². The molecule has 0 amide bonds. The zero-order valence-corrected chi connectivity index (χ0v) is 18.4. The van der Waals surface area contributed by atoms with Gasteiger partial charge in [-0.2, -0.15) is 0 Å². The first-order valence-corrected chi connectivity index (χ1v) is 10.7. The Morgan fingerprint density at radius 2 is 0.639 bits per heavy atom. The minimum absolute atomic E-state index is 0.000556. The van der Waals surface area contributed by atoms with Crippen LogP contribution in [0.1, 0.15) is 63.7 Å². The molecule has 0 aromatic heterocycles. The Labute approximate surface area is 203 Å². The van der Waals surface area contributed by atoms with Crippen molar-refractivity contribution in [3.63, 3.8) is 0 Å². The molecule has 4 N–H and O–H groups in total. The lowest BCUT2D eigenvalue weighted by atomic mass is 9.83. The van der Waals surface area contributed by atoms with Crippen LogP contribution in [0, 0.1) is 0 Å². The summed E-state index contributed by atoms with van der Waals surface area (Å²) >= 11 is 0. The number of hydrogen-bond acceptors (Lipinski definition) is 8. The molecule has 0 bridgehead atoms. The molecule has 0 aliphatic heterocycles. The minimum atomic E-state index is -0.450. The maximum atomic E-state index is 12.2. The van der Waals surface area contributed by atoms with E-state index in [1.54, 1.807) is 12.1 Å². The van der Waals surface area contributed by atoms with Crippen LogP contribution in [-0.2, 0) is 0 Å². The number of fused-ring (bicyclic) bond motifs is 4. The highest BCUT2D eigenvalue weighted by molar-refractivity contribution is 6.31. The van der Waals surface area contributed by atoms with Crippen LogP contribution in [0.2, 0.25) is 0 Å². The first kappa shape index (κ1) is 22.5. The molecule has 8 heteroatoms. The van der Waals surface area contributed by atoms with Crippen LogP contribution in [0.4, 0.5) is 0 Å². The Morgan fingerprint density at radius 1 is 0.333 bits per heavy atom. The van der Waals surface area contributed by atoms with Crippen molar-refractivity contribution in [2.75, 3.05) is 0 Å². The average molecular weight is 480 g/mol. The van der Waals surface area contributed by atoms with Gasteiger partial charge in [-0.3, -0.25) is 19.2 Å². The molecule has 0 saturated carbocycles. The van der Waals surface area contributed by atoms with E-state index >= 15 is 0 Å². The van der Waals surface area contributed by atoms with Gasteiger partial charge in [-0.15, -0.1) is 0 Å². The van der Waals surface area contributed by atoms with Gasteiger partial charge in [0.1, 0.15) is 23.0 Å². The molecule has 0 saturated heterocycles. The Balaban J connectivity index is 0.000000148. The monoisotopic (exact) mass is 480 g/mol. The molecule has 2 aliphatic rings. The molecule has 0 unspecified atom stereocenters. The third-order valence-electron chi connectivity index (χ3n) is 6.06. The van der Waals surface area contributed by atoms with Crippen LogP contribution in [0.15, 0.2) is 72.8 Å². The second-order valence-corrected chi connectivity index (χ2v) is 8.12. The quantitative estimate of drug-likeness (QED) is 0.240. The third kappa shape index (κ3) is 3.24. The van der Waals surface area contributed by atoms with E-state index in [2.05, 4.69) is 0 Å². The summed E-state index contributed by atoms with van der Waals surface area (Å²) in [5.41, 5.74) is 0.480. The van der Waals surface area contributed by atoms with E-state index in [4.69, 9.17) is 0 Å². The number of carbonyl (C=O) groups excluding carboxylic acids is 4. The molecule has 0 heterocycles. The van der Waals surface area contributed by atoms with Gasteiger partial charge in [-0.1, -0.05) is 48.5 Å². The highest BCUT2D eigenvalue weighted by atomic mass is 16.3. The first-order chi connectivity index (χ1) is 17.2. The van der Waals surface area contributed by atoms with E-state index < -0.39 is 23.1 Å². The van der Waals surface area contributed by atoms with Gasteiger partial charge < -0.3 is 20.4 Å². The van der Waals surface area contributed by atoms with Gasteiger partial charge in [0.25, 0.3) is 0 Å². The summed E-state index contributed by atoms with van der Waals surface area (Å²) in [7, 11) is 0. The molecular formula is C28H16O8. The van der Waals surface area contributed by atoms with Crippen LogP contribution in [0.25, 0.3) is 0 Å². The van der Waals surface area contributed by atoms with Gasteiger partial charge in [-0.25, -0.2) is 0 Å². The lowest BCUT2D eigenvalue weighted by molar-refractivity contribution is 0.0974. The summed E-state index contributed by atoms with van der Waals surface area (Å²) in [4.78, 5) is 48.8. The van der Waals surface area contributed by atoms with E-state index in [0.29, 0.717) is 0 Å². The highest BCUT2D eigenvalue weighted by Gasteiger charge is 2.34. The van der Waals surface area contributed by atoms with Crippen molar-refractivity contribution in [3.05, 3.63) is 117 Å². The molecule has 8 nitrogen and oxygen atoms in total. The van der Waals surface area contributed by atoms with Crippen molar-refractivity contribution in [1.82, 2.24) is 0 Å². The van der Waals surface area contributed by atoms with Crippen molar-refractivity contribution < 1.29 is 39.6 Å². The summed E-state index contributed by atoms with van der Waals surface area (Å²) in [6.07, 6.45) is 0. The average Bonchev–Trinajstić information content (AvgIpc) is 2.87. The van der Waals surface area contributed by atoms with E-state index in [9.17, 15) is 39.6 Å². The lowest BCUT2D eigenvalue weighted by Gasteiger charge is -2.18. The molecule has 0 spiro atoms. The van der Waals surface area contributed by atoms with Crippen LogP contribution in [-0.4, -0.2) is 43.6 Å². The number of phenolic OH excluding ortho intramolecular Hbond substituents is 4. The summed E-state index contributed by atoms with van der Waals surface area (Å²) in [6.45, 7) is 0. The van der Waals surface area contributed by atoms with Gasteiger partial charge in [0.15, 0.2) is 23.1 Å². The van der Waals surface area contributed by atoms with E-state index in [-0.39, 0.29) is 67.5 Å². The molecule has 6 rings (SSSR count). The summed E-state index contributed by atoms with van der Waals surface area (Å²) in [5, 5.41) is 38.8. The number of phenols is 4. The van der Waals surface area contributed by atoms with Crippen LogP contribution in [0.3, 0.4) is 0 Å². The zero-order chi connectivity index (χ0) is 25.7. The molecule has 0 fully saturated rings. The second-order valence-electron chi connectivity index (χ2n) is 8.12. The number of rotatable bonds is 0. The Morgan fingerprint density at radius 3 is 1.03 bits per heavy atom. The Hall–Kier alpha value is -5.24. The number of aromatic hydroxyl groups is 4. The normalized spacial score (nSPS) is 13.1. The SMILES string of the molecule is O=C1c2cccc(O)c2C(=O)c2cccc(O)c21.O=C1c2ccccc2C(=O)c2c(O)ccc(O)c21. The molecule has 2 aliphatic carbocycles. The minimum Gasteiger partial charge on any atom is -0.507 e. The van der Waals surface area contributed by atoms with Gasteiger partial charge in [0, 0.05) is 22.3 Å². The van der Waals surface area contributed by atoms with Gasteiger partial charge >= 0.3 is 0 Å². The van der Waals surface area contributed by atoms with Crippen LogP contribution < -0.4 is 0 Å². The van der Waals surface area contributed by atoms with E-state index in [1.165, 1.54) is 60.7 Å². The maximum Gasteiger partial charge on any atom is 0.198 e. The Bertz CT molecular complexity index is 1520. The number of carbonyl (C=O) groups is 4. The summed E-state index contributed by atoms with van der Waals surface area (Å²) in [6, 6.07) is 17.4. The fraction of sp³-hybridized carbons (Fsp3) is 0. The van der Waals surface area contributed by atoms with Crippen LogP contribution >= 0.6 is 0 Å². The largest absolute Gasteiger partial charge is 0.507 e. The molecule has 36 heavy (non-hydrogen) atoms. The Kier molecular flexibility index (Phi) is 5.14. The fourth-order valence-electron chi connectivity index (χ4n) is 4.39. The molecule has 0 atom stereocenters. The van der Waals surface area contributed by atoms with Crippen molar-refractivity contribution in [2.45, 2.75) is 0 Å². The van der Waals surface area contributed by atoms with Crippen LogP contribution in [0.5, 0.6) is 23.0 Å². The van der Waals surface area contributed by atoms with E-state index in [1.807, 2.05) is 0 Å². The van der Waals surface area contributed by atoms with Gasteiger partial charge in [0.2, 0.25) is 0 Å².